The van der Waals surface area contributed by atoms with Crippen LogP contribution in [0.15, 0.2) is 36.5 Å². The molecule has 2 aromatic rings. The molecule has 20 heavy (non-hydrogen) atoms. The van der Waals surface area contributed by atoms with Gasteiger partial charge in [0.2, 0.25) is 0 Å². The van der Waals surface area contributed by atoms with Gasteiger partial charge in [-0.1, -0.05) is 12.1 Å². The fraction of sp³-hybridized carbons (Fsp3) is 0.286. The van der Waals surface area contributed by atoms with Crippen molar-refractivity contribution in [2.75, 3.05) is 25.6 Å². The molecule has 0 aliphatic carbocycles. The van der Waals surface area contributed by atoms with E-state index in [1.807, 2.05) is 25.1 Å². The number of ether oxygens (including phenoxy) is 2. The Morgan fingerprint density at radius 2 is 2.10 bits per heavy atom. The zero-order valence-electron chi connectivity index (χ0n) is 11.3. The lowest BCUT2D eigenvalue weighted by atomic mass is 10.3. The Morgan fingerprint density at radius 3 is 2.85 bits per heavy atom. The van der Waals surface area contributed by atoms with Crippen LogP contribution in [-0.4, -0.2) is 35.6 Å². The number of nitrogens with two attached hydrogens (primary N) is 1. The molecule has 0 amide bonds. The van der Waals surface area contributed by atoms with Crippen molar-refractivity contribution in [2.24, 2.45) is 0 Å². The first-order valence-corrected chi connectivity index (χ1v) is 6.37. The Labute approximate surface area is 117 Å². The topological polar surface area (TPSA) is 79.4 Å². The van der Waals surface area contributed by atoms with E-state index in [9.17, 15) is 4.79 Å². The van der Waals surface area contributed by atoms with Gasteiger partial charge in [0.25, 0.3) is 0 Å². The molecule has 0 spiro atoms. The van der Waals surface area contributed by atoms with Crippen molar-refractivity contribution in [2.45, 2.75) is 6.92 Å². The van der Waals surface area contributed by atoms with Crippen LogP contribution in [0.1, 0.15) is 17.4 Å². The molecule has 0 radical (unpaired) electrons. The molecule has 1 heterocycles. The van der Waals surface area contributed by atoms with Crippen molar-refractivity contribution in [3.8, 4) is 5.69 Å². The molecule has 2 N–H and O–H groups in total. The quantitative estimate of drug-likeness (QED) is 0.492. The maximum atomic E-state index is 11.8. The molecule has 1 aromatic heterocycles. The molecule has 0 fully saturated rings. The molecule has 6 heteroatoms. The number of rotatable bonds is 6. The number of hydrogen-bond donors (Lipinski definition) is 1. The van der Waals surface area contributed by atoms with E-state index < -0.39 is 5.97 Å². The van der Waals surface area contributed by atoms with Crippen molar-refractivity contribution in [3.05, 3.63) is 42.2 Å². The van der Waals surface area contributed by atoms with Gasteiger partial charge < -0.3 is 15.2 Å². The summed E-state index contributed by atoms with van der Waals surface area (Å²) in [7, 11) is 0. The number of nitrogens with zero attached hydrogens (tertiary/aromatic N) is 2. The first-order valence-electron chi connectivity index (χ1n) is 6.37. The van der Waals surface area contributed by atoms with Crippen LogP contribution in [0.25, 0.3) is 5.69 Å². The van der Waals surface area contributed by atoms with Gasteiger partial charge >= 0.3 is 5.97 Å². The number of aromatic nitrogens is 2. The molecule has 106 valence electrons. The molecule has 0 aliphatic rings. The summed E-state index contributed by atoms with van der Waals surface area (Å²) in [6, 6.07) is 8.89. The number of carbonyl (C=O) groups is 1. The second-order valence-electron chi connectivity index (χ2n) is 4.04. The number of benzene rings is 1. The third-order valence-electron chi connectivity index (χ3n) is 2.65. The monoisotopic (exact) mass is 275 g/mol. The fourth-order valence-corrected chi connectivity index (χ4v) is 1.67. The Kier molecular flexibility index (Phi) is 4.73. The first-order chi connectivity index (χ1) is 9.72. The average Bonchev–Trinajstić information content (AvgIpc) is 2.93. The predicted octanol–water partition coefficient (Wildman–Crippen LogP) is 1.65. The molecular formula is C14H17N3O3. The minimum absolute atomic E-state index is 0.215. The third kappa shape index (κ3) is 3.36. The predicted molar refractivity (Wildman–Crippen MR) is 74.8 cm³/mol. The minimum atomic E-state index is -0.474. The first kappa shape index (κ1) is 14.1. The summed E-state index contributed by atoms with van der Waals surface area (Å²) in [5.41, 5.74) is 7.41. The molecular weight excluding hydrogens is 258 g/mol. The summed E-state index contributed by atoms with van der Waals surface area (Å²) < 4.78 is 11.7. The van der Waals surface area contributed by atoms with Crippen molar-refractivity contribution >= 4 is 11.7 Å². The van der Waals surface area contributed by atoms with Gasteiger partial charge in [0.15, 0.2) is 5.69 Å². The highest BCUT2D eigenvalue weighted by Crippen LogP contribution is 2.15. The van der Waals surface area contributed by atoms with Gasteiger partial charge in [0.1, 0.15) is 6.61 Å². The number of anilines is 1. The van der Waals surface area contributed by atoms with Crippen molar-refractivity contribution in [1.82, 2.24) is 9.78 Å². The number of carbonyl (C=O) groups excluding carboxylic acids is 1. The highest BCUT2D eigenvalue weighted by atomic mass is 16.6. The third-order valence-corrected chi connectivity index (χ3v) is 2.65. The molecule has 0 saturated carbocycles. The second-order valence-corrected chi connectivity index (χ2v) is 4.04. The van der Waals surface area contributed by atoms with Gasteiger partial charge in [-0.2, -0.15) is 5.10 Å². The lowest BCUT2D eigenvalue weighted by molar-refractivity contribution is 0.0329. The Hall–Kier alpha value is -2.34. The van der Waals surface area contributed by atoms with Gasteiger partial charge in [-0.05, 0) is 25.1 Å². The normalized spacial score (nSPS) is 10.4. The maximum absolute atomic E-state index is 11.8. The SMILES string of the molecule is CCOCCOC(=O)c1ccn(-c2ccccc2N)n1. The Morgan fingerprint density at radius 1 is 1.30 bits per heavy atom. The molecule has 0 unspecified atom stereocenters. The molecule has 2 rings (SSSR count). The molecule has 0 saturated heterocycles. The van der Waals surface area contributed by atoms with Crippen molar-refractivity contribution in [1.29, 1.82) is 0 Å². The van der Waals surface area contributed by atoms with Gasteiger partial charge in [0, 0.05) is 12.8 Å². The van der Waals surface area contributed by atoms with Gasteiger partial charge in [0.05, 0.1) is 18.0 Å². The maximum Gasteiger partial charge on any atom is 0.358 e. The average molecular weight is 275 g/mol. The summed E-state index contributed by atoms with van der Waals surface area (Å²) in [5, 5.41) is 4.16. The van der Waals surface area contributed by atoms with E-state index in [0.717, 1.165) is 5.69 Å². The van der Waals surface area contributed by atoms with Crippen LogP contribution in [-0.2, 0) is 9.47 Å². The van der Waals surface area contributed by atoms with E-state index in [1.165, 1.54) is 0 Å². The van der Waals surface area contributed by atoms with Gasteiger partial charge in [-0.3, -0.25) is 0 Å². The standard InChI is InChI=1S/C14H17N3O3/c1-2-19-9-10-20-14(18)12-7-8-17(16-12)13-6-4-3-5-11(13)15/h3-8H,2,9-10,15H2,1H3. The minimum Gasteiger partial charge on any atom is -0.458 e. The largest absolute Gasteiger partial charge is 0.458 e. The van der Waals surface area contributed by atoms with E-state index in [1.54, 1.807) is 23.0 Å². The highest BCUT2D eigenvalue weighted by molar-refractivity contribution is 5.87. The summed E-state index contributed by atoms with van der Waals surface area (Å²) in [5.74, 6) is -0.474. The van der Waals surface area contributed by atoms with Crippen LogP contribution >= 0.6 is 0 Å². The summed E-state index contributed by atoms with van der Waals surface area (Å²) in [6.07, 6.45) is 1.67. The lowest BCUT2D eigenvalue weighted by Crippen LogP contribution is -2.12. The molecule has 6 nitrogen and oxygen atoms in total. The second kappa shape index (κ2) is 6.72. The fourth-order valence-electron chi connectivity index (χ4n) is 1.67. The molecule has 0 atom stereocenters. The summed E-state index contributed by atoms with van der Waals surface area (Å²) in [4.78, 5) is 11.8. The molecule has 0 bridgehead atoms. The van der Waals surface area contributed by atoms with Crippen LogP contribution in [0.3, 0.4) is 0 Å². The van der Waals surface area contributed by atoms with Gasteiger partial charge in [-0.25, -0.2) is 9.48 Å². The van der Waals surface area contributed by atoms with Crippen LogP contribution in [0, 0.1) is 0 Å². The lowest BCUT2D eigenvalue weighted by Gasteiger charge is -2.05. The van der Waals surface area contributed by atoms with Crippen LogP contribution in [0.2, 0.25) is 0 Å². The number of esters is 1. The number of nitrogen functional groups attached to an aromatic ring is 1. The highest BCUT2D eigenvalue weighted by Gasteiger charge is 2.12. The molecule has 1 aromatic carbocycles. The summed E-state index contributed by atoms with van der Waals surface area (Å²) >= 11 is 0. The number of hydrogen-bond acceptors (Lipinski definition) is 5. The van der Waals surface area contributed by atoms with Crippen LogP contribution in [0.4, 0.5) is 5.69 Å². The van der Waals surface area contributed by atoms with E-state index in [4.69, 9.17) is 15.2 Å². The van der Waals surface area contributed by atoms with Crippen molar-refractivity contribution < 1.29 is 14.3 Å². The molecule has 0 aliphatic heterocycles. The van der Waals surface area contributed by atoms with E-state index >= 15 is 0 Å². The van der Waals surface area contributed by atoms with Crippen LogP contribution < -0.4 is 5.73 Å². The van der Waals surface area contributed by atoms with E-state index in [-0.39, 0.29) is 12.3 Å². The van der Waals surface area contributed by atoms with E-state index in [0.29, 0.717) is 18.9 Å². The number of para-hydroxylation sites is 2. The zero-order valence-corrected chi connectivity index (χ0v) is 11.3. The van der Waals surface area contributed by atoms with Gasteiger partial charge in [-0.15, -0.1) is 0 Å². The Balaban J connectivity index is 2.02. The smallest absolute Gasteiger partial charge is 0.358 e. The Bertz CT molecular complexity index is 581. The van der Waals surface area contributed by atoms with Crippen molar-refractivity contribution in [3.63, 3.8) is 0 Å². The zero-order chi connectivity index (χ0) is 14.4. The summed E-state index contributed by atoms with van der Waals surface area (Å²) in [6.45, 7) is 3.08. The van der Waals surface area contributed by atoms with Crippen LogP contribution in [0.5, 0.6) is 0 Å². The van der Waals surface area contributed by atoms with E-state index in [2.05, 4.69) is 5.10 Å².